The van der Waals surface area contributed by atoms with Gasteiger partial charge in [-0.2, -0.15) is 0 Å². The van der Waals surface area contributed by atoms with E-state index in [1.54, 1.807) is 0 Å². The summed E-state index contributed by atoms with van der Waals surface area (Å²) in [6.07, 6.45) is 9.19. The zero-order chi connectivity index (χ0) is 15.1. The normalized spacial score (nSPS) is 24.0. The molecule has 0 aromatic heterocycles. The Bertz CT molecular complexity index is 401. The lowest BCUT2D eigenvalue weighted by Crippen LogP contribution is -2.30. The Hall–Kier alpha value is -0.860. The molecule has 1 fully saturated rings. The molecule has 21 heavy (non-hydrogen) atoms. The van der Waals surface area contributed by atoms with Gasteiger partial charge in [0, 0.05) is 0 Å². The minimum Gasteiger partial charge on any atom is -0.376 e. The van der Waals surface area contributed by atoms with Gasteiger partial charge in [-0.3, -0.25) is 0 Å². The topological polar surface area (TPSA) is 35.2 Å². The number of benzene rings is 1. The predicted molar refractivity (Wildman–Crippen MR) is 89.4 cm³/mol. The molecule has 3 atom stereocenters. The predicted octanol–water partition coefficient (Wildman–Crippen LogP) is 4.62. The highest BCUT2D eigenvalue weighted by molar-refractivity contribution is 5.25. The molecule has 1 aromatic rings. The molecule has 0 heterocycles. The van der Waals surface area contributed by atoms with Gasteiger partial charge in [0.1, 0.15) is 0 Å². The molecule has 0 aliphatic heterocycles. The summed E-state index contributed by atoms with van der Waals surface area (Å²) in [5, 5.41) is 0. The van der Waals surface area contributed by atoms with Gasteiger partial charge in [-0.1, -0.05) is 63.8 Å². The highest BCUT2D eigenvalue weighted by atomic mass is 16.5. The number of rotatable bonds is 7. The van der Waals surface area contributed by atoms with E-state index in [9.17, 15) is 0 Å². The zero-order valence-electron chi connectivity index (χ0n) is 13.7. The van der Waals surface area contributed by atoms with Gasteiger partial charge in [0.05, 0.1) is 18.8 Å². The molecule has 0 amide bonds. The number of ether oxygens (including phenoxy) is 1. The smallest absolute Gasteiger partial charge is 0.0663 e. The van der Waals surface area contributed by atoms with E-state index in [4.69, 9.17) is 10.5 Å². The summed E-state index contributed by atoms with van der Waals surface area (Å²) in [5.41, 5.74) is 8.89. The van der Waals surface area contributed by atoms with Crippen LogP contribution in [0.15, 0.2) is 24.3 Å². The first-order valence-corrected chi connectivity index (χ1v) is 8.70. The Balaban J connectivity index is 1.84. The van der Waals surface area contributed by atoms with Crippen molar-refractivity contribution in [1.29, 1.82) is 0 Å². The molecule has 0 radical (unpaired) electrons. The second kappa shape index (κ2) is 8.55. The van der Waals surface area contributed by atoms with Gasteiger partial charge in [-0.25, -0.2) is 0 Å². The SMILES string of the molecule is CCCc1ccc(C(N)COC2CCCCC2CC)cc1. The van der Waals surface area contributed by atoms with E-state index >= 15 is 0 Å². The van der Waals surface area contributed by atoms with Crippen molar-refractivity contribution in [3.8, 4) is 0 Å². The van der Waals surface area contributed by atoms with Crippen LogP contribution in [-0.2, 0) is 11.2 Å². The Morgan fingerprint density at radius 2 is 1.86 bits per heavy atom. The molecule has 1 saturated carbocycles. The number of hydrogen-bond donors (Lipinski definition) is 1. The van der Waals surface area contributed by atoms with E-state index in [1.807, 2.05) is 0 Å². The Morgan fingerprint density at radius 1 is 1.14 bits per heavy atom. The molecule has 0 saturated heterocycles. The molecular weight excluding hydrogens is 258 g/mol. The second-order valence-electron chi connectivity index (χ2n) is 6.42. The third-order valence-electron chi connectivity index (χ3n) is 4.80. The van der Waals surface area contributed by atoms with Crippen LogP contribution in [0.2, 0.25) is 0 Å². The van der Waals surface area contributed by atoms with Crippen LogP contribution in [0.5, 0.6) is 0 Å². The Labute approximate surface area is 130 Å². The van der Waals surface area contributed by atoms with Gasteiger partial charge < -0.3 is 10.5 Å². The molecule has 3 unspecified atom stereocenters. The van der Waals surface area contributed by atoms with Crippen LogP contribution in [0.1, 0.15) is 69.5 Å². The average Bonchev–Trinajstić information content (AvgIpc) is 2.54. The molecule has 118 valence electrons. The van der Waals surface area contributed by atoms with Gasteiger partial charge >= 0.3 is 0 Å². The molecule has 1 aliphatic rings. The van der Waals surface area contributed by atoms with Crippen molar-refractivity contribution in [2.45, 2.75) is 70.9 Å². The first-order valence-electron chi connectivity index (χ1n) is 8.70. The Kier molecular flexibility index (Phi) is 6.72. The number of nitrogens with two attached hydrogens (primary N) is 1. The molecular formula is C19H31NO. The van der Waals surface area contributed by atoms with Crippen molar-refractivity contribution in [3.05, 3.63) is 35.4 Å². The van der Waals surface area contributed by atoms with Crippen molar-refractivity contribution in [1.82, 2.24) is 0 Å². The minimum atomic E-state index is 0.000101. The van der Waals surface area contributed by atoms with Crippen LogP contribution in [0, 0.1) is 5.92 Å². The molecule has 2 N–H and O–H groups in total. The fourth-order valence-electron chi connectivity index (χ4n) is 3.40. The maximum atomic E-state index is 6.30. The average molecular weight is 289 g/mol. The summed E-state index contributed by atoms with van der Waals surface area (Å²) >= 11 is 0. The molecule has 1 aromatic carbocycles. The molecule has 2 rings (SSSR count). The maximum Gasteiger partial charge on any atom is 0.0663 e. The van der Waals surface area contributed by atoms with Gasteiger partial charge in [0.15, 0.2) is 0 Å². The van der Waals surface area contributed by atoms with Crippen molar-refractivity contribution in [2.75, 3.05) is 6.61 Å². The van der Waals surface area contributed by atoms with Crippen LogP contribution >= 0.6 is 0 Å². The monoisotopic (exact) mass is 289 g/mol. The van der Waals surface area contributed by atoms with E-state index < -0.39 is 0 Å². The molecule has 0 spiro atoms. The van der Waals surface area contributed by atoms with Crippen LogP contribution in [0.25, 0.3) is 0 Å². The summed E-state index contributed by atoms with van der Waals surface area (Å²) in [5.74, 6) is 0.734. The van der Waals surface area contributed by atoms with Crippen LogP contribution in [-0.4, -0.2) is 12.7 Å². The fraction of sp³-hybridized carbons (Fsp3) is 0.684. The lowest BCUT2D eigenvalue weighted by atomic mass is 9.85. The quantitative estimate of drug-likeness (QED) is 0.794. The van der Waals surface area contributed by atoms with Crippen molar-refractivity contribution < 1.29 is 4.74 Å². The third kappa shape index (κ3) is 4.82. The highest BCUT2D eigenvalue weighted by Gasteiger charge is 2.24. The van der Waals surface area contributed by atoms with E-state index in [1.165, 1.54) is 49.7 Å². The van der Waals surface area contributed by atoms with E-state index in [-0.39, 0.29) is 6.04 Å². The van der Waals surface area contributed by atoms with Crippen LogP contribution in [0.4, 0.5) is 0 Å². The Morgan fingerprint density at radius 3 is 2.52 bits per heavy atom. The lowest BCUT2D eigenvalue weighted by Gasteiger charge is -2.31. The van der Waals surface area contributed by atoms with E-state index in [0.29, 0.717) is 12.7 Å². The summed E-state index contributed by atoms with van der Waals surface area (Å²) in [7, 11) is 0. The third-order valence-corrected chi connectivity index (χ3v) is 4.80. The van der Waals surface area contributed by atoms with Crippen molar-refractivity contribution >= 4 is 0 Å². The summed E-state index contributed by atoms with van der Waals surface area (Å²) < 4.78 is 6.16. The molecule has 2 nitrogen and oxygen atoms in total. The molecule has 1 aliphatic carbocycles. The number of hydrogen-bond acceptors (Lipinski definition) is 2. The van der Waals surface area contributed by atoms with Crippen molar-refractivity contribution in [3.63, 3.8) is 0 Å². The second-order valence-corrected chi connectivity index (χ2v) is 6.42. The lowest BCUT2D eigenvalue weighted by molar-refractivity contribution is -0.0180. The van der Waals surface area contributed by atoms with Gasteiger partial charge in [-0.15, -0.1) is 0 Å². The van der Waals surface area contributed by atoms with Crippen molar-refractivity contribution in [2.24, 2.45) is 11.7 Å². The summed E-state index contributed by atoms with van der Waals surface area (Å²) in [4.78, 5) is 0. The van der Waals surface area contributed by atoms with Gasteiger partial charge in [-0.05, 0) is 36.3 Å². The molecule has 0 bridgehead atoms. The van der Waals surface area contributed by atoms with Crippen LogP contribution < -0.4 is 5.73 Å². The van der Waals surface area contributed by atoms with E-state index in [0.717, 1.165) is 12.3 Å². The standard InChI is InChI=1S/C19H31NO/c1-3-7-15-10-12-17(13-11-15)18(20)14-21-19-9-6-5-8-16(19)4-2/h10-13,16,18-19H,3-9,14,20H2,1-2H3. The van der Waals surface area contributed by atoms with Gasteiger partial charge in [0.2, 0.25) is 0 Å². The molecule has 2 heteroatoms. The highest BCUT2D eigenvalue weighted by Crippen LogP contribution is 2.29. The van der Waals surface area contributed by atoms with Gasteiger partial charge in [0.25, 0.3) is 0 Å². The largest absolute Gasteiger partial charge is 0.376 e. The zero-order valence-corrected chi connectivity index (χ0v) is 13.7. The number of aryl methyl sites for hydroxylation is 1. The van der Waals surface area contributed by atoms with E-state index in [2.05, 4.69) is 38.1 Å². The maximum absolute atomic E-state index is 6.30. The minimum absolute atomic E-state index is 0.000101. The first-order chi connectivity index (χ1) is 10.2. The fourth-order valence-corrected chi connectivity index (χ4v) is 3.40. The van der Waals surface area contributed by atoms with Crippen LogP contribution in [0.3, 0.4) is 0 Å². The summed E-state index contributed by atoms with van der Waals surface area (Å²) in [6.45, 7) is 5.13. The first kappa shape index (κ1) is 16.5. The summed E-state index contributed by atoms with van der Waals surface area (Å²) in [6, 6.07) is 8.73.